The zero-order valence-electron chi connectivity index (χ0n) is 11.3. The molecule has 2 N–H and O–H groups in total. The molecule has 0 heterocycles. The normalized spacial score (nSPS) is 10.1. The molecule has 20 heavy (non-hydrogen) atoms. The molecule has 0 aliphatic carbocycles. The number of oxime groups is 1. The highest BCUT2D eigenvalue weighted by molar-refractivity contribution is 5.82. The van der Waals surface area contributed by atoms with Gasteiger partial charge in [0.25, 0.3) is 0 Å². The molecule has 2 aromatic carbocycles. The second kappa shape index (κ2) is 7.01. The largest absolute Gasteiger partial charge is 0.398 e. The summed E-state index contributed by atoms with van der Waals surface area (Å²) in [5, 5.41) is 3.85. The van der Waals surface area contributed by atoms with Gasteiger partial charge < -0.3 is 10.6 Å². The second-order valence-corrected chi connectivity index (χ2v) is 4.14. The second-order valence-electron chi connectivity index (χ2n) is 4.14. The summed E-state index contributed by atoms with van der Waals surface area (Å²) in [6.07, 6.45) is 1.66. The van der Waals surface area contributed by atoms with E-state index in [1.807, 2.05) is 48.5 Å². The van der Waals surface area contributed by atoms with Crippen molar-refractivity contribution in [2.24, 2.45) is 5.16 Å². The summed E-state index contributed by atoms with van der Waals surface area (Å²) in [4.78, 5) is 4.99. The van der Waals surface area contributed by atoms with Crippen LogP contribution in [0.25, 0.3) is 11.1 Å². The van der Waals surface area contributed by atoms with Gasteiger partial charge >= 0.3 is 0 Å². The van der Waals surface area contributed by atoms with Crippen LogP contribution in [0.4, 0.5) is 5.69 Å². The van der Waals surface area contributed by atoms with Crippen LogP contribution in [0.5, 0.6) is 0 Å². The van der Waals surface area contributed by atoms with Crippen molar-refractivity contribution >= 4 is 11.9 Å². The topological polar surface area (TPSA) is 47.6 Å². The molecule has 0 atom stereocenters. The smallest absolute Gasteiger partial charge is 0.177 e. The third kappa shape index (κ3) is 3.63. The summed E-state index contributed by atoms with van der Waals surface area (Å²) in [5.74, 6) is 5.51. The fraction of sp³-hybridized carbons (Fsp3) is 0.118. The molecule has 0 fully saturated rings. The summed E-state index contributed by atoms with van der Waals surface area (Å²) in [6, 6.07) is 15.8. The zero-order chi connectivity index (χ0) is 14.2. The van der Waals surface area contributed by atoms with Gasteiger partial charge in [-0.2, -0.15) is 0 Å². The van der Waals surface area contributed by atoms with E-state index in [0.717, 1.165) is 22.4 Å². The molecule has 2 rings (SSSR count). The van der Waals surface area contributed by atoms with Crippen molar-refractivity contribution in [1.82, 2.24) is 0 Å². The molecule has 0 amide bonds. The molecule has 3 nitrogen and oxygen atoms in total. The van der Waals surface area contributed by atoms with Crippen molar-refractivity contribution in [3.8, 4) is 23.0 Å². The first kappa shape index (κ1) is 13.7. The van der Waals surface area contributed by atoms with Crippen LogP contribution in [0.1, 0.15) is 12.5 Å². The van der Waals surface area contributed by atoms with Crippen molar-refractivity contribution in [2.75, 3.05) is 12.3 Å². The molecule has 0 radical (unpaired) electrons. The first-order valence-electron chi connectivity index (χ1n) is 6.31. The monoisotopic (exact) mass is 264 g/mol. The first-order valence-corrected chi connectivity index (χ1v) is 6.31. The Labute approximate surface area is 119 Å². The molecule has 0 aliphatic heterocycles. The zero-order valence-corrected chi connectivity index (χ0v) is 11.3. The van der Waals surface area contributed by atoms with E-state index >= 15 is 0 Å². The molecule has 0 bridgehead atoms. The highest BCUT2D eigenvalue weighted by atomic mass is 16.6. The minimum Gasteiger partial charge on any atom is -0.398 e. The summed E-state index contributed by atoms with van der Waals surface area (Å²) in [5.41, 5.74) is 9.81. The van der Waals surface area contributed by atoms with E-state index in [9.17, 15) is 0 Å². The van der Waals surface area contributed by atoms with Crippen LogP contribution in [0.15, 0.2) is 53.7 Å². The van der Waals surface area contributed by atoms with E-state index in [1.165, 1.54) is 0 Å². The average Bonchev–Trinajstić information content (AvgIpc) is 2.48. The molecule has 0 unspecified atom stereocenters. The summed E-state index contributed by atoms with van der Waals surface area (Å²) in [7, 11) is 0. The number of nitrogen functional groups attached to an aromatic ring is 1. The lowest BCUT2D eigenvalue weighted by Crippen LogP contribution is -1.90. The number of nitrogens with two attached hydrogens (primary N) is 1. The van der Waals surface area contributed by atoms with E-state index in [4.69, 9.17) is 10.6 Å². The van der Waals surface area contributed by atoms with Crippen LogP contribution >= 0.6 is 0 Å². The van der Waals surface area contributed by atoms with E-state index in [1.54, 1.807) is 13.1 Å². The third-order valence-corrected chi connectivity index (χ3v) is 2.77. The average molecular weight is 264 g/mol. The van der Waals surface area contributed by atoms with E-state index in [-0.39, 0.29) is 0 Å². The number of para-hydroxylation sites is 1. The maximum Gasteiger partial charge on any atom is 0.177 e. The van der Waals surface area contributed by atoms with Gasteiger partial charge in [0, 0.05) is 11.3 Å². The maximum absolute atomic E-state index is 5.96. The molecule has 0 spiro atoms. The highest BCUT2D eigenvalue weighted by Crippen LogP contribution is 2.25. The van der Waals surface area contributed by atoms with Crippen LogP contribution in [0.2, 0.25) is 0 Å². The van der Waals surface area contributed by atoms with Crippen LogP contribution in [-0.4, -0.2) is 12.8 Å². The van der Waals surface area contributed by atoms with E-state index in [2.05, 4.69) is 17.0 Å². The Morgan fingerprint density at radius 3 is 2.60 bits per heavy atom. The molecule has 0 saturated heterocycles. The number of rotatable bonds is 4. The number of hydrogen-bond donors (Lipinski definition) is 1. The lowest BCUT2D eigenvalue weighted by molar-refractivity contribution is 0.181. The Kier molecular flexibility index (Phi) is 4.80. The molecule has 0 saturated carbocycles. The quantitative estimate of drug-likeness (QED) is 0.303. The van der Waals surface area contributed by atoms with Gasteiger partial charge in [0.1, 0.15) is 0 Å². The number of anilines is 1. The first-order chi connectivity index (χ1) is 9.81. The Balaban J connectivity index is 2.06. The molecule has 0 aliphatic rings. The molecule has 0 aromatic heterocycles. The minimum absolute atomic E-state index is 0.311. The minimum atomic E-state index is 0.311. The third-order valence-electron chi connectivity index (χ3n) is 2.77. The van der Waals surface area contributed by atoms with Crippen molar-refractivity contribution in [2.45, 2.75) is 6.92 Å². The lowest BCUT2D eigenvalue weighted by Gasteiger charge is -2.05. The highest BCUT2D eigenvalue weighted by Gasteiger charge is 2.00. The maximum atomic E-state index is 5.96. The molecule has 3 heteroatoms. The molecular weight excluding hydrogens is 248 g/mol. The van der Waals surface area contributed by atoms with Gasteiger partial charge in [0.2, 0.25) is 0 Å². The number of benzene rings is 2. The standard InChI is InChI=1S/C17H16N2O/c1-2-3-12-20-19-13-14-8-10-15(11-9-14)16-6-4-5-7-17(16)18/h4-11,13H,12,18H2,1H3/b19-13-. The summed E-state index contributed by atoms with van der Waals surface area (Å²) >= 11 is 0. The fourth-order valence-electron chi connectivity index (χ4n) is 1.75. The summed E-state index contributed by atoms with van der Waals surface area (Å²) < 4.78 is 0. The Hall–Kier alpha value is -2.73. The Morgan fingerprint density at radius 2 is 1.90 bits per heavy atom. The van der Waals surface area contributed by atoms with Gasteiger partial charge in [-0.3, -0.25) is 0 Å². The van der Waals surface area contributed by atoms with Crippen LogP contribution in [-0.2, 0) is 4.84 Å². The van der Waals surface area contributed by atoms with Gasteiger partial charge in [-0.05, 0) is 24.1 Å². The Morgan fingerprint density at radius 1 is 1.15 bits per heavy atom. The lowest BCUT2D eigenvalue weighted by atomic mass is 10.0. The molecule has 2 aromatic rings. The van der Waals surface area contributed by atoms with Gasteiger partial charge in [0.05, 0.1) is 6.21 Å². The van der Waals surface area contributed by atoms with Crippen molar-refractivity contribution < 1.29 is 4.84 Å². The van der Waals surface area contributed by atoms with Crippen molar-refractivity contribution in [3.05, 3.63) is 54.1 Å². The van der Waals surface area contributed by atoms with Crippen LogP contribution < -0.4 is 5.73 Å². The molecular formula is C17H16N2O. The summed E-state index contributed by atoms with van der Waals surface area (Å²) in [6.45, 7) is 2.08. The predicted octanol–water partition coefficient (Wildman–Crippen LogP) is 3.31. The van der Waals surface area contributed by atoms with Gasteiger partial charge in [-0.25, -0.2) is 0 Å². The fourth-order valence-corrected chi connectivity index (χ4v) is 1.75. The SMILES string of the molecule is CC#CCO/N=C\c1ccc(-c2ccccc2N)cc1. The van der Waals surface area contributed by atoms with Crippen molar-refractivity contribution in [3.63, 3.8) is 0 Å². The number of nitrogens with zero attached hydrogens (tertiary/aromatic N) is 1. The van der Waals surface area contributed by atoms with Crippen LogP contribution in [0.3, 0.4) is 0 Å². The van der Waals surface area contributed by atoms with Gasteiger partial charge in [-0.1, -0.05) is 53.5 Å². The predicted molar refractivity (Wildman–Crippen MR) is 83.3 cm³/mol. The molecule has 100 valence electrons. The Bertz CT molecular complexity index is 649. The van der Waals surface area contributed by atoms with E-state index in [0.29, 0.717) is 6.61 Å². The van der Waals surface area contributed by atoms with Crippen molar-refractivity contribution in [1.29, 1.82) is 0 Å². The van der Waals surface area contributed by atoms with E-state index < -0.39 is 0 Å². The number of hydrogen-bond acceptors (Lipinski definition) is 3. The van der Waals surface area contributed by atoms with Gasteiger partial charge in [0.15, 0.2) is 6.61 Å². The van der Waals surface area contributed by atoms with Crippen LogP contribution in [0, 0.1) is 11.8 Å². The van der Waals surface area contributed by atoms with Gasteiger partial charge in [-0.15, -0.1) is 5.92 Å².